The van der Waals surface area contributed by atoms with Gasteiger partial charge in [-0.2, -0.15) is 0 Å². The van der Waals surface area contributed by atoms with Crippen molar-refractivity contribution in [1.82, 2.24) is 4.90 Å². The molecule has 0 spiro atoms. The summed E-state index contributed by atoms with van der Waals surface area (Å²) < 4.78 is 10.8. The molecular weight excluding hydrogens is 242 g/mol. The van der Waals surface area contributed by atoms with E-state index in [9.17, 15) is 4.79 Å². The molecule has 4 nitrogen and oxygen atoms in total. The molecule has 3 rings (SSSR count). The van der Waals surface area contributed by atoms with E-state index in [1.807, 2.05) is 49.4 Å². The zero-order valence-corrected chi connectivity index (χ0v) is 10.9. The lowest BCUT2D eigenvalue weighted by molar-refractivity contribution is 0.0567. The second-order valence-corrected chi connectivity index (χ2v) is 4.86. The van der Waals surface area contributed by atoms with Gasteiger partial charge >= 0.3 is 6.09 Å². The summed E-state index contributed by atoms with van der Waals surface area (Å²) in [7, 11) is 0. The molecule has 0 aromatic heterocycles. The molecule has 1 aromatic rings. The minimum atomic E-state index is -0.259. The van der Waals surface area contributed by atoms with Crippen LogP contribution in [0.15, 0.2) is 42.5 Å². The number of benzene rings is 1. The number of carbonyl (C=O) groups is 1. The molecule has 4 heteroatoms. The Labute approximate surface area is 112 Å². The fraction of sp³-hybridized carbons (Fsp3) is 0.400. The van der Waals surface area contributed by atoms with Gasteiger partial charge in [0.15, 0.2) is 0 Å². The molecule has 0 radical (unpaired) electrons. The highest BCUT2D eigenvalue weighted by Gasteiger charge is 2.41. The number of cyclic esters (lactones) is 1. The number of rotatable bonds is 3. The molecule has 0 saturated carbocycles. The Morgan fingerprint density at radius 2 is 2.11 bits per heavy atom. The minimum absolute atomic E-state index is 0.0150. The second-order valence-electron chi connectivity index (χ2n) is 4.86. The van der Waals surface area contributed by atoms with E-state index < -0.39 is 0 Å². The van der Waals surface area contributed by atoms with Crippen molar-refractivity contribution in [2.24, 2.45) is 0 Å². The van der Waals surface area contributed by atoms with Crippen molar-refractivity contribution in [3.63, 3.8) is 0 Å². The fourth-order valence-electron chi connectivity index (χ4n) is 2.69. The molecular formula is C15H17NO3. The Morgan fingerprint density at radius 3 is 2.79 bits per heavy atom. The first-order valence-electron chi connectivity index (χ1n) is 6.55. The topological polar surface area (TPSA) is 38.8 Å². The van der Waals surface area contributed by atoms with Crippen LogP contribution < -0.4 is 0 Å². The normalized spacial score (nSPS) is 27.6. The highest BCUT2D eigenvalue weighted by Crippen LogP contribution is 2.30. The number of hydrogen-bond acceptors (Lipinski definition) is 3. The van der Waals surface area contributed by atoms with E-state index in [1.54, 1.807) is 4.90 Å². The average Bonchev–Trinajstić information content (AvgIpc) is 3.08. The minimum Gasteiger partial charge on any atom is -0.447 e. The average molecular weight is 259 g/mol. The first-order valence-corrected chi connectivity index (χ1v) is 6.55. The predicted molar refractivity (Wildman–Crippen MR) is 70.7 cm³/mol. The van der Waals surface area contributed by atoms with Gasteiger partial charge in [-0.15, -0.1) is 0 Å². The van der Waals surface area contributed by atoms with Crippen molar-refractivity contribution < 1.29 is 14.3 Å². The molecule has 2 aliphatic rings. The van der Waals surface area contributed by atoms with Gasteiger partial charge in [-0.25, -0.2) is 4.79 Å². The Kier molecular flexibility index (Phi) is 3.25. The van der Waals surface area contributed by atoms with Gasteiger partial charge in [0.05, 0.1) is 24.8 Å². The lowest BCUT2D eigenvalue weighted by Crippen LogP contribution is -2.43. The molecule has 1 aromatic carbocycles. The zero-order valence-electron chi connectivity index (χ0n) is 10.9. The first kappa shape index (κ1) is 12.2. The molecule has 2 aliphatic heterocycles. The number of ether oxygens (including phenoxy) is 2. The number of nitrogens with zero attached hydrogens (tertiary/aromatic N) is 1. The summed E-state index contributed by atoms with van der Waals surface area (Å²) >= 11 is 0. The van der Waals surface area contributed by atoms with E-state index in [1.165, 1.54) is 0 Å². The predicted octanol–water partition coefficient (Wildman–Crippen LogP) is 2.52. The van der Waals surface area contributed by atoms with Gasteiger partial charge in [0, 0.05) is 0 Å². The molecule has 0 bridgehead atoms. The lowest BCUT2D eigenvalue weighted by atomic mass is 10.0. The van der Waals surface area contributed by atoms with Crippen LogP contribution in [0.5, 0.6) is 0 Å². The van der Waals surface area contributed by atoms with Crippen LogP contribution in [0.4, 0.5) is 4.79 Å². The van der Waals surface area contributed by atoms with Crippen LogP contribution in [-0.4, -0.2) is 36.4 Å². The summed E-state index contributed by atoms with van der Waals surface area (Å²) in [5, 5.41) is 0. The van der Waals surface area contributed by atoms with Gasteiger partial charge in [-0.1, -0.05) is 42.5 Å². The lowest BCUT2D eigenvalue weighted by Gasteiger charge is -2.30. The summed E-state index contributed by atoms with van der Waals surface area (Å²) in [6.07, 6.45) is 3.68. The van der Waals surface area contributed by atoms with Crippen LogP contribution in [0.25, 0.3) is 0 Å². The number of carbonyl (C=O) groups excluding carboxylic acids is 1. The molecule has 1 amide bonds. The van der Waals surface area contributed by atoms with Crippen LogP contribution in [0.1, 0.15) is 18.5 Å². The van der Waals surface area contributed by atoms with E-state index in [4.69, 9.17) is 9.47 Å². The second kappa shape index (κ2) is 5.05. The van der Waals surface area contributed by atoms with E-state index >= 15 is 0 Å². The maximum absolute atomic E-state index is 12.0. The Balaban J connectivity index is 1.84. The number of hydrogen-bond donors (Lipinski definition) is 0. The summed E-state index contributed by atoms with van der Waals surface area (Å²) in [5.74, 6) is 0. The monoisotopic (exact) mass is 259 g/mol. The molecule has 100 valence electrons. The molecule has 3 atom stereocenters. The molecule has 1 fully saturated rings. The molecule has 1 saturated heterocycles. The van der Waals surface area contributed by atoms with E-state index in [-0.39, 0.29) is 24.3 Å². The molecule has 0 unspecified atom stereocenters. The maximum Gasteiger partial charge on any atom is 0.410 e. The van der Waals surface area contributed by atoms with Crippen LogP contribution in [0, 0.1) is 0 Å². The number of amides is 1. The Morgan fingerprint density at radius 1 is 1.32 bits per heavy atom. The van der Waals surface area contributed by atoms with Gasteiger partial charge in [-0.05, 0) is 12.5 Å². The molecule has 0 aliphatic carbocycles. The van der Waals surface area contributed by atoms with Crippen LogP contribution in [0.2, 0.25) is 0 Å². The molecule has 2 heterocycles. The van der Waals surface area contributed by atoms with Crippen molar-refractivity contribution in [3.8, 4) is 0 Å². The van der Waals surface area contributed by atoms with E-state index in [0.29, 0.717) is 13.2 Å². The van der Waals surface area contributed by atoms with E-state index in [0.717, 1.165) is 5.56 Å². The van der Waals surface area contributed by atoms with Crippen molar-refractivity contribution in [3.05, 3.63) is 48.0 Å². The molecule has 19 heavy (non-hydrogen) atoms. The largest absolute Gasteiger partial charge is 0.447 e. The summed E-state index contributed by atoms with van der Waals surface area (Å²) in [6, 6.07) is 9.93. The molecule has 0 N–H and O–H groups in total. The van der Waals surface area contributed by atoms with Gasteiger partial charge in [0.1, 0.15) is 6.61 Å². The highest BCUT2D eigenvalue weighted by molar-refractivity contribution is 5.71. The van der Waals surface area contributed by atoms with E-state index in [2.05, 4.69) is 0 Å². The third-order valence-corrected chi connectivity index (χ3v) is 3.73. The summed E-state index contributed by atoms with van der Waals surface area (Å²) in [6.45, 7) is 3.03. The highest BCUT2D eigenvalue weighted by atomic mass is 16.6. The van der Waals surface area contributed by atoms with Gasteiger partial charge in [0.25, 0.3) is 0 Å². The standard InChI is InChI=1S/C15H17NO3/c1-11(12-6-3-2-4-7-12)16-13(10-19-15(16)17)14-8-5-9-18-14/h2-8,11,13-14H,9-10H2,1H3/t11-,13-,14-/m1/s1. The summed E-state index contributed by atoms with van der Waals surface area (Å²) in [5.41, 5.74) is 1.10. The van der Waals surface area contributed by atoms with Crippen molar-refractivity contribution >= 4 is 6.09 Å². The first-order chi connectivity index (χ1) is 9.27. The van der Waals surface area contributed by atoms with Crippen LogP contribution in [-0.2, 0) is 9.47 Å². The fourth-order valence-corrected chi connectivity index (χ4v) is 2.69. The third kappa shape index (κ3) is 2.24. The zero-order chi connectivity index (χ0) is 13.2. The third-order valence-electron chi connectivity index (χ3n) is 3.73. The smallest absolute Gasteiger partial charge is 0.410 e. The van der Waals surface area contributed by atoms with Crippen LogP contribution in [0.3, 0.4) is 0 Å². The van der Waals surface area contributed by atoms with Crippen LogP contribution >= 0.6 is 0 Å². The Bertz CT molecular complexity index is 485. The SMILES string of the molecule is C[C@H](c1ccccc1)N1C(=O)OC[C@@H]1[C@H]1C=CCO1. The maximum atomic E-state index is 12.0. The summed E-state index contributed by atoms with van der Waals surface area (Å²) in [4.78, 5) is 13.8. The Hall–Kier alpha value is -1.81. The van der Waals surface area contributed by atoms with Crippen molar-refractivity contribution in [1.29, 1.82) is 0 Å². The van der Waals surface area contributed by atoms with Gasteiger partial charge < -0.3 is 9.47 Å². The van der Waals surface area contributed by atoms with Crippen molar-refractivity contribution in [2.45, 2.75) is 25.1 Å². The van der Waals surface area contributed by atoms with Crippen molar-refractivity contribution in [2.75, 3.05) is 13.2 Å². The van der Waals surface area contributed by atoms with Gasteiger partial charge in [-0.3, -0.25) is 4.90 Å². The quantitative estimate of drug-likeness (QED) is 0.783. The van der Waals surface area contributed by atoms with Gasteiger partial charge in [0.2, 0.25) is 0 Å².